The molecule has 1 aliphatic carbocycles. The van der Waals surface area contributed by atoms with Crippen molar-refractivity contribution in [3.05, 3.63) is 65.0 Å². The van der Waals surface area contributed by atoms with Crippen molar-refractivity contribution in [2.75, 3.05) is 13.7 Å². The quantitative estimate of drug-likeness (QED) is 0.428. The number of ether oxygens (including phenoxy) is 2. The normalized spacial score (nSPS) is 20.2. The highest BCUT2D eigenvalue weighted by Crippen LogP contribution is 2.38. The molecule has 0 spiro atoms. The third-order valence-corrected chi connectivity index (χ3v) is 5.17. The van der Waals surface area contributed by atoms with E-state index in [4.69, 9.17) is 4.74 Å². The number of methoxy groups -OCH3 is 1. The van der Waals surface area contributed by atoms with Crippen molar-refractivity contribution >= 4 is 0 Å². The van der Waals surface area contributed by atoms with Crippen LogP contribution >= 0.6 is 0 Å². The van der Waals surface area contributed by atoms with E-state index in [1.165, 1.54) is 12.1 Å². The molecule has 2 aromatic carbocycles. The molecule has 1 fully saturated rings. The first kappa shape index (κ1) is 20.6. The molecule has 0 radical (unpaired) electrons. The summed E-state index contributed by atoms with van der Waals surface area (Å²) in [4.78, 5) is 0. The first-order valence-corrected chi connectivity index (χ1v) is 9.11. The summed E-state index contributed by atoms with van der Waals surface area (Å²) in [6, 6.07) is 6.51. The Morgan fingerprint density at radius 3 is 2.04 bits per heavy atom. The van der Waals surface area contributed by atoms with Crippen molar-refractivity contribution in [2.45, 2.75) is 37.7 Å². The maximum Gasteiger partial charge on any atom is 0.426 e. The van der Waals surface area contributed by atoms with Crippen molar-refractivity contribution in [3.63, 3.8) is 0 Å². The first-order chi connectivity index (χ1) is 13.3. The number of hydrogen-bond acceptors (Lipinski definition) is 2. The average molecular weight is 400 g/mol. The van der Waals surface area contributed by atoms with Crippen LogP contribution in [-0.2, 0) is 10.8 Å². The summed E-state index contributed by atoms with van der Waals surface area (Å²) in [6.07, 6.45) is 0.177. The number of alkyl halides is 2. The lowest BCUT2D eigenvalue weighted by atomic mass is 9.79. The molecule has 1 aliphatic rings. The molecule has 0 aliphatic heterocycles. The third kappa shape index (κ3) is 4.63. The van der Waals surface area contributed by atoms with Crippen molar-refractivity contribution in [2.24, 2.45) is 5.92 Å². The highest BCUT2D eigenvalue weighted by atomic mass is 19.3. The molecule has 0 saturated heterocycles. The van der Waals surface area contributed by atoms with Crippen LogP contribution in [0, 0.1) is 23.4 Å². The van der Waals surface area contributed by atoms with E-state index in [1.807, 2.05) is 0 Å². The van der Waals surface area contributed by atoms with Crippen molar-refractivity contribution in [1.82, 2.24) is 0 Å². The molecule has 3 rings (SSSR count). The van der Waals surface area contributed by atoms with E-state index < -0.39 is 34.9 Å². The minimum absolute atomic E-state index is 0.303. The SMILES string of the molecule is COCC1CCC(c2ccc(C(F)(F)Oc3cc(F)c(F)c(F)c3)cc2)CC1. The van der Waals surface area contributed by atoms with Gasteiger partial charge in [0.2, 0.25) is 0 Å². The fourth-order valence-electron chi connectivity index (χ4n) is 3.65. The van der Waals surface area contributed by atoms with Gasteiger partial charge < -0.3 is 9.47 Å². The van der Waals surface area contributed by atoms with Crippen LogP contribution in [0.25, 0.3) is 0 Å². The number of benzene rings is 2. The molecule has 2 nitrogen and oxygen atoms in total. The zero-order chi connectivity index (χ0) is 20.3. The van der Waals surface area contributed by atoms with E-state index in [9.17, 15) is 22.0 Å². The van der Waals surface area contributed by atoms with Crippen molar-refractivity contribution in [1.29, 1.82) is 0 Å². The van der Waals surface area contributed by atoms with Crippen LogP contribution in [0.2, 0.25) is 0 Å². The van der Waals surface area contributed by atoms with Crippen LogP contribution in [0.15, 0.2) is 36.4 Å². The Balaban J connectivity index is 1.68. The molecule has 0 N–H and O–H groups in total. The minimum Gasteiger partial charge on any atom is -0.429 e. The summed E-state index contributed by atoms with van der Waals surface area (Å²) in [5.41, 5.74) is 0.517. The summed E-state index contributed by atoms with van der Waals surface area (Å²) in [5.74, 6) is -4.87. The molecule has 0 unspecified atom stereocenters. The molecule has 0 atom stereocenters. The Labute approximate surface area is 160 Å². The average Bonchev–Trinajstić information content (AvgIpc) is 2.67. The van der Waals surface area contributed by atoms with Crippen molar-refractivity contribution < 1.29 is 31.4 Å². The van der Waals surface area contributed by atoms with Gasteiger partial charge in [-0.1, -0.05) is 12.1 Å². The van der Waals surface area contributed by atoms with Gasteiger partial charge in [0, 0.05) is 25.8 Å². The lowest BCUT2D eigenvalue weighted by molar-refractivity contribution is -0.185. The number of rotatable bonds is 6. The van der Waals surface area contributed by atoms with E-state index in [0.717, 1.165) is 37.9 Å². The van der Waals surface area contributed by atoms with Gasteiger partial charge in [-0.25, -0.2) is 13.2 Å². The largest absolute Gasteiger partial charge is 0.429 e. The summed E-state index contributed by atoms with van der Waals surface area (Å²) >= 11 is 0. The summed E-state index contributed by atoms with van der Waals surface area (Å²) < 4.78 is 77.7. The Hall–Kier alpha value is -2.15. The monoisotopic (exact) mass is 400 g/mol. The molecular weight excluding hydrogens is 379 g/mol. The predicted octanol–water partition coefficient (Wildman–Crippen LogP) is 6.15. The van der Waals surface area contributed by atoms with E-state index >= 15 is 0 Å². The Morgan fingerprint density at radius 2 is 1.50 bits per heavy atom. The van der Waals surface area contributed by atoms with Crippen LogP contribution in [0.1, 0.15) is 42.7 Å². The van der Waals surface area contributed by atoms with Crippen LogP contribution < -0.4 is 4.74 Å². The molecule has 2 aromatic rings. The first-order valence-electron chi connectivity index (χ1n) is 9.11. The van der Waals surface area contributed by atoms with Gasteiger partial charge in [-0.2, -0.15) is 8.78 Å². The Morgan fingerprint density at radius 1 is 0.929 bits per heavy atom. The molecule has 7 heteroatoms. The molecule has 0 heterocycles. The van der Waals surface area contributed by atoms with E-state index in [0.29, 0.717) is 24.0 Å². The van der Waals surface area contributed by atoms with Gasteiger partial charge in [0.25, 0.3) is 0 Å². The van der Waals surface area contributed by atoms with Crippen molar-refractivity contribution in [3.8, 4) is 5.75 Å². The summed E-state index contributed by atoms with van der Waals surface area (Å²) in [5, 5.41) is 0. The maximum absolute atomic E-state index is 14.3. The molecule has 28 heavy (non-hydrogen) atoms. The smallest absolute Gasteiger partial charge is 0.426 e. The topological polar surface area (TPSA) is 18.5 Å². The molecule has 0 amide bonds. The minimum atomic E-state index is -3.81. The third-order valence-electron chi connectivity index (χ3n) is 5.17. The van der Waals surface area contributed by atoms with Crippen LogP contribution in [0.4, 0.5) is 22.0 Å². The maximum atomic E-state index is 14.3. The standard InChI is InChI=1S/C21H21F5O2/c1-27-12-13-2-4-14(5-3-13)15-6-8-16(9-7-15)21(25,26)28-17-10-18(22)20(24)19(23)11-17/h6-11,13-14H,2-5,12H2,1H3. The molecular formula is C21H21F5O2. The Kier molecular flexibility index (Phi) is 6.23. The summed E-state index contributed by atoms with van der Waals surface area (Å²) in [7, 11) is 1.68. The van der Waals surface area contributed by atoms with Crippen LogP contribution in [0.5, 0.6) is 5.75 Å². The van der Waals surface area contributed by atoms with E-state index in [2.05, 4.69) is 4.74 Å². The second-order valence-corrected chi connectivity index (χ2v) is 7.11. The van der Waals surface area contributed by atoms with Gasteiger partial charge in [-0.15, -0.1) is 0 Å². The second kappa shape index (κ2) is 8.47. The van der Waals surface area contributed by atoms with E-state index in [-0.39, 0.29) is 0 Å². The lowest BCUT2D eigenvalue weighted by Crippen LogP contribution is -2.22. The van der Waals surface area contributed by atoms with Gasteiger partial charge in [-0.05, 0) is 55.2 Å². The van der Waals surface area contributed by atoms with Gasteiger partial charge in [-0.3, -0.25) is 0 Å². The summed E-state index contributed by atoms with van der Waals surface area (Å²) in [6.45, 7) is 0.736. The fourth-order valence-corrected chi connectivity index (χ4v) is 3.65. The van der Waals surface area contributed by atoms with Crippen LogP contribution in [-0.4, -0.2) is 13.7 Å². The number of halogens is 5. The predicted molar refractivity (Wildman–Crippen MR) is 93.9 cm³/mol. The van der Waals surface area contributed by atoms with Gasteiger partial charge in [0.05, 0.1) is 5.56 Å². The van der Waals surface area contributed by atoms with Gasteiger partial charge >= 0.3 is 6.11 Å². The second-order valence-electron chi connectivity index (χ2n) is 7.11. The zero-order valence-electron chi connectivity index (χ0n) is 15.4. The lowest BCUT2D eigenvalue weighted by Gasteiger charge is -2.28. The van der Waals surface area contributed by atoms with Crippen LogP contribution in [0.3, 0.4) is 0 Å². The molecule has 0 aromatic heterocycles. The zero-order valence-corrected chi connectivity index (χ0v) is 15.4. The molecule has 0 bridgehead atoms. The highest BCUT2D eigenvalue weighted by molar-refractivity contribution is 5.30. The van der Waals surface area contributed by atoms with E-state index in [1.54, 1.807) is 19.2 Å². The fraction of sp³-hybridized carbons (Fsp3) is 0.429. The molecule has 1 saturated carbocycles. The highest BCUT2D eigenvalue weighted by Gasteiger charge is 2.35. The number of hydrogen-bond donors (Lipinski definition) is 0. The Bertz CT molecular complexity index is 776. The van der Waals surface area contributed by atoms with Gasteiger partial charge in [0.15, 0.2) is 17.5 Å². The van der Waals surface area contributed by atoms with Gasteiger partial charge in [0.1, 0.15) is 5.75 Å². The molecule has 152 valence electrons.